The predicted octanol–water partition coefficient (Wildman–Crippen LogP) is 10.9. The molecule has 0 N–H and O–H groups in total. The van der Waals surface area contributed by atoms with Crippen LogP contribution in [0.2, 0.25) is 0 Å². The Hall–Kier alpha value is -3.02. The third-order valence-corrected chi connectivity index (χ3v) is 8.28. The first kappa shape index (κ1) is 31.9. The first-order valence-corrected chi connectivity index (χ1v) is 16.3. The molecule has 0 bridgehead atoms. The normalized spacial score (nSPS) is 11.2. The lowest BCUT2D eigenvalue weighted by Crippen LogP contribution is -2.25. The average molecular weight is 600 g/mol. The van der Waals surface area contributed by atoms with Gasteiger partial charge in [0.2, 0.25) is 0 Å². The number of hydrogen-bond donors (Lipinski definition) is 0. The second kappa shape index (κ2) is 15.5. The van der Waals surface area contributed by atoms with Crippen LogP contribution in [-0.2, 0) is 12.8 Å². The van der Waals surface area contributed by atoms with Gasteiger partial charge in [-0.3, -0.25) is 0 Å². The van der Waals surface area contributed by atoms with Crippen LogP contribution in [-0.4, -0.2) is 29.2 Å². The molecule has 42 heavy (non-hydrogen) atoms. The van der Waals surface area contributed by atoms with E-state index in [2.05, 4.69) is 74.5 Å². The third-order valence-electron chi connectivity index (χ3n) is 7.75. The molecule has 4 aromatic rings. The highest BCUT2D eigenvalue weighted by atomic mass is 32.1. The lowest BCUT2D eigenvalue weighted by molar-refractivity contribution is 0.450. The summed E-state index contributed by atoms with van der Waals surface area (Å²) >= 11 is 11.0. The maximum absolute atomic E-state index is 6.35. The molecule has 0 radical (unpaired) electrons. The van der Waals surface area contributed by atoms with Crippen molar-refractivity contribution in [3.05, 3.63) is 71.8 Å². The van der Waals surface area contributed by atoms with Crippen LogP contribution < -0.4 is 9.47 Å². The molecular weight excluding hydrogens is 555 g/mol. The van der Waals surface area contributed by atoms with E-state index in [4.69, 9.17) is 33.9 Å². The fourth-order valence-electron chi connectivity index (χ4n) is 5.41. The summed E-state index contributed by atoms with van der Waals surface area (Å²) in [5.74, 6) is 1.44. The van der Waals surface area contributed by atoms with E-state index >= 15 is 0 Å². The number of benzene rings is 4. The van der Waals surface area contributed by atoms with Gasteiger partial charge in [-0.15, -0.1) is 0 Å². The summed E-state index contributed by atoms with van der Waals surface area (Å²) in [6.07, 6.45) is 12.2. The minimum atomic E-state index is 0.410. The highest BCUT2D eigenvalue weighted by Crippen LogP contribution is 2.42. The fourth-order valence-corrected chi connectivity index (χ4v) is 5.58. The summed E-state index contributed by atoms with van der Waals surface area (Å²) in [6, 6.07) is 22.2. The summed E-state index contributed by atoms with van der Waals surface area (Å²) in [7, 11) is 3.80. The largest absolute Gasteiger partial charge is 0.450 e. The Kier molecular flexibility index (Phi) is 11.7. The lowest BCUT2D eigenvalue weighted by atomic mass is 9.94. The summed E-state index contributed by atoms with van der Waals surface area (Å²) < 4.78 is 12.5. The Bertz CT molecular complexity index is 1540. The summed E-state index contributed by atoms with van der Waals surface area (Å²) in [6.45, 7) is 6.31. The molecule has 0 aliphatic carbocycles. The topological polar surface area (TPSA) is 21.7 Å². The van der Waals surface area contributed by atoms with E-state index < -0.39 is 0 Å². The lowest BCUT2D eigenvalue weighted by Gasteiger charge is -2.20. The maximum Gasteiger partial charge on any atom is 0.264 e. The Balaban J connectivity index is 1.80. The number of aryl methyl sites for hydroxylation is 2. The van der Waals surface area contributed by atoms with Gasteiger partial charge >= 0.3 is 0 Å². The van der Waals surface area contributed by atoms with Gasteiger partial charge in [0.25, 0.3) is 5.17 Å². The Morgan fingerprint density at radius 2 is 1.07 bits per heavy atom. The van der Waals surface area contributed by atoms with Crippen LogP contribution in [0.15, 0.2) is 60.7 Å². The van der Waals surface area contributed by atoms with E-state index in [0.29, 0.717) is 16.0 Å². The van der Waals surface area contributed by atoms with Crippen LogP contribution in [0.3, 0.4) is 0 Å². The third kappa shape index (κ3) is 8.52. The zero-order valence-electron chi connectivity index (χ0n) is 25.9. The second-order valence-corrected chi connectivity index (χ2v) is 12.5. The molecule has 4 aromatic carbocycles. The van der Waals surface area contributed by atoms with Crippen LogP contribution >= 0.6 is 24.4 Å². The molecule has 0 aliphatic rings. The molecular formula is C37H45NO2S2. The smallest absolute Gasteiger partial charge is 0.264 e. The minimum absolute atomic E-state index is 0.410. The van der Waals surface area contributed by atoms with E-state index in [1.54, 1.807) is 0 Å². The van der Waals surface area contributed by atoms with E-state index in [1.165, 1.54) is 62.5 Å². The number of ether oxygens (including phenoxy) is 2. The van der Waals surface area contributed by atoms with Gasteiger partial charge in [-0.25, -0.2) is 0 Å². The highest BCUT2D eigenvalue weighted by molar-refractivity contribution is 7.80. The van der Waals surface area contributed by atoms with Gasteiger partial charge in [0.05, 0.1) is 0 Å². The molecule has 0 spiro atoms. The summed E-state index contributed by atoms with van der Waals surface area (Å²) in [5.41, 5.74) is 4.57. The van der Waals surface area contributed by atoms with Gasteiger partial charge in [-0.2, -0.15) is 0 Å². The van der Waals surface area contributed by atoms with Crippen molar-refractivity contribution in [1.29, 1.82) is 0 Å². The van der Waals surface area contributed by atoms with Crippen molar-refractivity contribution in [1.82, 2.24) is 4.90 Å². The van der Waals surface area contributed by atoms with Crippen LogP contribution in [0, 0.1) is 0 Å². The van der Waals surface area contributed by atoms with E-state index in [9.17, 15) is 0 Å². The molecule has 4 rings (SSSR count). The van der Waals surface area contributed by atoms with E-state index in [1.807, 2.05) is 25.9 Å². The number of hydrogen-bond acceptors (Lipinski definition) is 4. The molecule has 0 heterocycles. The quantitative estimate of drug-likeness (QED) is 0.112. The number of fused-ring (bicyclic) bond motifs is 2. The van der Waals surface area contributed by atoms with Crippen molar-refractivity contribution in [3.63, 3.8) is 0 Å². The average Bonchev–Trinajstić information content (AvgIpc) is 2.96. The molecule has 0 unspecified atom stereocenters. The van der Waals surface area contributed by atoms with Gasteiger partial charge in [-0.1, -0.05) is 88.8 Å². The summed E-state index contributed by atoms with van der Waals surface area (Å²) in [5, 5.41) is 5.49. The first-order chi connectivity index (χ1) is 20.3. The second-order valence-electron chi connectivity index (χ2n) is 11.5. The minimum Gasteiger partial charge on any atom is -0.450 e. The molecule has 222 valence electrons. The maximum atomic E-state index is 6.35. The standard InChI is InChI=1S/C37H45NO2S2/c1-6-8-10-12-14-27-16-18-29-22-33(35(39-26(3)41)24-31(29)20-27)34-23-30-19-17-28(15-13-11-9-7-2)21-32(30)25-36(34)40-37(42)38(4)5/h16-25H,6-15H2,1-5H3. The van der Waals surface area contributed by atoms with Gasteiger partial charge < -0.3 is 14.4 Å². The molecule has 0 aliphatic heterocycles. The van der Waals surface area contributed by atoms with Gasteiger partial charge in [0.15, 0.2) is 5.05 Å². The van der Waals surface area contributed by atoms with Gasteiger partial charge in [0.1, 0.15) is 11.5 Å². The molecule has 0 saturated heterocycles. The van der Waals surface area contributed by atoms with E-state index in [-0.39, 0.29) is 0 Å². The SMILES string of the molecule is CCCCCCc1ccc2cc(-c3cc4ccc(CCCCCC)cc4cc3OC(=S)N(C)C)c(OC(C)=S)cc2c1. The number of unbranched alkanes of at least 4 members (excludes halogenated alkanes) is 6. The molecule has 5 heteroatoms. The Labute approximate surface area is 263 Å². The van der Waals surface area contributed by atoms with Crippen molar-refractivity contribution in [3.8, 4) is 22.6 Å². The highest BCUT2D eigenvalue weighted by Gasteiger charge is 2.18. The molecule has 0 atom stereocenters. The Morgan fingerprint density at radius 3 is 1.50 bits per heavy atom. The van der Waals surface area contributed by atoms with Crippen molar-refractivity contribution in [2.24, 2.45) is 0 Å². The number of nitrogens with zero attached hydrogens (tertiary/aromatic N) is 1. The molecule has 3 nitrogen and oxygen atoms in total. The molecule has 0 saturated carbocycles. The van der Waals surface area contributed by atoms with Crippen LogP contribution in [0.5, 0.6) is 11.5 Å². The first-order valence-electron chi connectivity index (χ1n) is 15.5. The molecule has 0 fully saturated rings. The Morgan fingerprint density at radius 1 is 0.595 bits per heavy atom. The molecule has 0 amide bonds. The zero-order valence-corrected chi connectivity index (χ0v) is 27.6. The van der Waals surface area contributed by atoms with Gasteiger partial charge in [-0.05, 0) is 107 Å². The fraction of sp³-hybridized carbons (Fsp3) is 0.405. The summed E-state index contributed by atoms with van der Waals surface area (Å²) in [4.78, 5) is 1.81. The van der Waals surface area contributed by atoms with Crippen LogP contribution in [0.4, 0.5) is 0 Å². The van der Waals surface area contributed by atoms with Crippen molar-refractivity contribution in [2.45, 2.75) is 85.0 Å². The van der Waals surface area contributed by atoms with E-state index in [0.717, 1.165) is 51.3 Å². The van der Waals surface area contributed by atoms with Crippen molar-refractivity contribution < 1.29 is 9.47 Å². The van der Waals surface area contributed by atoms with Crippen molar-refractivity contribution >= 4 is 56.2 Å². The predicted molar refractivity (Wildman–Crippen MR) is 188 cm³/mol. The zero-order chi connectivity index (χ0) is 30.1. The van der Waals surface area contributed by atoms with Crippen LogP contribution in [0.25, 0.3) is 32.7 Å². The monoisotopic (exact) mass is 599 g/mol. The van der Waals surface area contributed by atoms with Crippen LogP contribution in [0.1, 0.15) is 83.3 Å². The molecule has 0 aromatic heterocycles. The number of rotatable bonds is 13. The number of thiocarbonyl (C=S) groups is 2. The van der Waals surface area contributed by atoms with Crippen molar-refractivity contribution in [2.75, 3.05) is 14.1 Å². The van der Waals surface area contributed by atoms with Gasteiger partial charge in [0, 0.05) is 32.1 Å².